The van der Waals surface area contributed by atoms with Crippen LogP contribution in [0.2, 0.25) is 0 Å². The van der Waals surface area contributed by atoms with E-state index in [1.165, 1.54) is 16.8 Å². The van der Waals surface area contributed by atoms with Crippen LogP contribution in [0.3, 0.4) is 0 Å². The largest absolute Gasteiger partial charge is 0.488 e. The highest BCUT2D eigenvalue weighted by Gasteiger charge is 2.12. The van der Waals surface area contributed by atoms with Crippen LogP contribution in [-0.4, -0.2) is 20.8 Å². The standard InChI is InChI=1S/C28H19BrN4O4/c29-24-16-20(12-15-26(24)37-18-19-10-13-22(14-11-19)33(35)36)17-30-32-27(21-6-2-1-3-7-21)31-25-9-5-4-8-23(25)28(32)34/h1-17H,18H2. The number of ether oxygens (including phenoxy) is 1. The van der Waals surface area contributed by atoms with Crippen LogP contribution in [0.1, 0.15) is 11.1 Å². The molecule has 0 spiro atoms. The third-order valence-electron chi connectivity index (χ3n) is 5.61. The zero-order valence-electron chi connectivity index (χ0n) is 19.3. The molecule has 0 unspecified atom stereocenters. The van der Waals surface area contributed by atoms with Gasteiger partial charge in [0.1, 0.15) is 12.4 Å². The predicted octanol–water partition coefficient (Wildman–Crippen LogP) is 6.20. The van der Waals surface area contributed by atoms with Crippen LogP contribution in [0, 0.1) is 10.1 Å². The van der Waals surface area contributed by atoms with Crippen LogP contribution in [0.5, 0.6) is 5.75 Å². The van der Waals surface area contributed by atoms with E-state index in [1.54, 1.807) is 36.5 Å². The highest BCUT2D eigenvalue weighted by atomic mass is 79.9. The lowest BCUT2D eigenvalue weighted by atomic mass is 10.2. The number of non-ortho nitro benzene ring substituents is 1. The number of halogens is 1. The maximum atomic E-state index is 13.3. The van der Waals surface area contributed by atoms with Crippen LogP contribution in [0.25, 0.3) is 22.3 Å². The van der Waals surface area contributed by atoms with Gasteiger partial charge in [0, 0.05) is 17.7 Å². The second-order valence-corrected chi connectivity index (χ2v) is 8.94. The predicted molar refractivity (Wildman–Crippen MR) is 146 cm³/mol. The highest BCUT2D eigenvalue weighted by molar-refractivity contribution is 9.10. The van der Waals surface area contributed by atoms with Gasteiger partial charge in [-0.15, -0.1) is 0 Å². The Hall–Kier alpha value is -4.63. The average Bonchev–Trinajstić information content (AvgIpc) is 2.92. The quantitative estimate of drug-likeness (QED) is 0.135. The Kier molecular flexibility index (Phi) is 6.87. The van der Waals surface area contributed by atoms with E-state index in [1.807, 2.05) is 54.6 Å². The minimum atomic E-state index is -0.438. The topological polar surface area (TPSA) is 99.6 Å². The second kappa shape index (κ2) is 10.5. The Morgan fingerprint density at radius 3 is 2.43 bits per heavy atom. The minimum Gasteiger partial charge on any atom is -0.488 e. The maximum absolute atomic E-state index is 13.3. The molecule has 0 radical (unpaired) electrons. The summed E-state index contributed by atoms with van der Waals surface area (Å²) in [6.07, 6.45) is 1.59. The van der Waals surface area contributed by atoms with Crippen molar-refractivity contribution in [2.75, 3.05) is 0 Å². The number of para-hydroxylation sites is 1. The molecule has 0 aliphatic heterocycles. The summed E-state index contributed by atoms with van der Waals surface area (Å²) in [5.74, 6) is 1.05. The first-order valence-corrected chi connectivity index (χ1v) is 12.1. The molecule has 5 aromatic rings. The summed E-state index contributed by atoms with van der Waals surface area (Å²) in [7, 11) is 0. The summed E-state index contributed by atoms with van der Waals surface area (Å²) in [6.45, 7) is 0.253. The average molecular weight is 555 g/mol. The molecular weight excluding hydrogens is 536 g/mol. The molecule has 9 heteroatoms. The number of fused-ring (bicyclic) bond motifs is 1. The zero-order valence-corrected chi connectivity index (χ0v) is 20.9. The molecule has 0 bridgehead atoms. The minimum absolute atomic E-state index is 0.0321. The van der Waals surface area contributed by atoms with Crippen molar-refractivity contribution in [3.8, 4) is 17.1 Å². The van der Waals surface area contributed by atoms with Crippen molar-refractivity contribution in [3.63, 3.8) is 0 Å². The van der Waals surface area contributed by atoms with Gasteiger partial charge in [0.25, 0.3) is 11.2 Å². The molecular formula is C28H19BrN4O4. The van der Waals surface area contributed by atoms with E-state index in [-0.39, 0.29) is 17.9 Å². The smallest absolute Gasteiger partial charge is 0.282 e. The van der Waals surface area contributed by atoms with E-state index in [0.717, 1.165) is 16.7 Å². The van der Waals surface area contributed by atoms with E-state index in [4.69, 9.17) is 9.72 Å². The van der Waals surface area contributed by atoms with Crippen molar-refractivity contribution < 1.29 is 9.66 Å². The molecule has 1 heterocycles. The molecule has 0 atom stereocenters. The monoisotopic (exact) mass is 554 g/mol. The second-order valence-electron chi connectivity index (χ2n) is 8.08. The van der Waals surface area contributed by atoms with Crippen LogP contribution in [-0.2, 0) is 6.61 Å². The Labute approximate surface area is 219 Å². The number of hydrogen-bond donors (Lipinski definition) is 0. The van der Waals surface area contributed by atoms with Crippen LogP contribution >= 0.6 is 15.9 Å². The van der Waals surface area contributed by atoms with Crippen molar-refractivity contribution in [2.24, 2.45) is 5.10 Å². The van der Waals surface area contributed by atoms with Gasteiger partial charge in [-0.2, -0.15) is 9.78 Å². The van der Waals surface area contributed by atoms with Gasteiger partial charge in [-0.3, -0.25) is 14.9 Å². The highest BCUT2D eigenvalue weighted by Crippen LogP contribution is 2.27. The number of benzene rings is 4. The van der Waals surface area contributed by atoms with Crippen LogP contribution < -0.4 is 10.3 Å². The van der Waals surface area contributed by atoms with Crippen LogP contribution in [0.4, 0.5) is 5.69 Å². The first kappa shape index (κ1) is 24.1. The summed E-state index contributed by atoms with van der Waals surface area (Å²) in [5, 5.41) is 15.8. The molecule has 0 N–H and O–H groups in total. The number of hydrogen-bond acceptors (Lipinski definition) is 6. The van der Waals surface area contributed by atoms with Gasteiger partial charge in [-0.25, -0.2) is 4.98 Å². The summed E-state index contributed by atoms with van der Waals surface area (Å²) < 4.78 is 7.87. The fourth-order valence-corrected chi connectivity index (χ4v) is 4.23. The summed E-state index contributed by atoms with van der Waals surface area (Å²) in [5.41, 5.74) is 2.70. The summed E-state index contributed by atoms with van der Waals surface area (Å²) in [4.78, 5) is 28.4. The van der Waals surface area contributed by atoms with Crippen molar-refractivity contribution in [1.82, 2.24) is 9.66 Å². The molecule has 8 nitrogen and oxygen atoms in total. The molecule has 0 saturated carbocycles. The third kappa shape index (κ3) is 5.31. The van der Waals surface area contributed by atoms with E-state index in [0.29, 0.717) is 26.9 Å². The molecule has 1 aromatic heterocycles. The van der Waals surface area contributed by atoms with Gasteiger partial charge in [0.15, 0.2) is 5.82 Å². The number of nitro groups is 1. The van der Waals surface area contributed by atoms with Gasteiger partial charge < -0.3 is 4.74 Å². The van der Waals surface area contributed by atoms with Gasteiger partial charge in [0.2, 0.25) is 0 Å². The van der Waals surface area contributed by atoms with Crippen molar-refractivity contribution in [1.29, 1.82) is 0 Å². The third-order valence-corrected chi connectivity index (χ3v) is 6.23. The van der Waals surface area contributed by atoms with Gasteiger partial charge >= 0.3 is 0 Å². The number of nitrogens with zero attached hydrogens (tertiary/aromatic N) is 4. The summed E-state index contributed by atoms with van der Waals surface area (Å²) in [6, 6.07) is 28.3. The lowest BCUT2D eigenvalue weighted by molar-refractivity contribution is -0.384. The molecule has 182 valence electrons. The van der Waals surface area contributed by atoms with Gasteiger partial charge in [-0.1, -0.05) is 42.5 Å². The van der Waals surface area contributed by atoms with Crippen molar-refractivity contribution in [2.45, 2.75) is 6.61 Å². The Morgan fingerprint density at radius 2 is 1.70 bits per heavy atom. The van der Waals surface area contributed by atoms with Gasteiger partial charge in [0.05, 0.1) is 26.5 Å². The Bertz CT molecular complexity index is 1680. The first-order valence-electron chi connectivity index (χ1n) is 11.3. The van der Waals surface area contributed by atoms with Crippen molar-refractivity contribution in [3.05, 3.63) is 133 Å². The fraction of sp³-hybridized carbons (Fsp3) is 0.0357. The molecule has 0 saturated heterocycles. The lowest BCUT2D eigenvalue weighted by Gasteiger charge is -2.10. The first-order chi connectivity index (χ1) is 18.0. The molecule has 0 aliphatic rings. The molecule has 0 aliphatic carbocycles. The Morgan fingerprint density at radius 1 is 0.973 bits per heavy atom. The van der Waals surface area contributed by atoms with E-state index in [9.17, 15) is 14.9 Å². The molecule has 37 heavy (non-hydrogen) atoms. The van der Waals surface area contributed by atoms with E-state index in [2.05, 4.69) is 21.0 Å². The normalized spacial score (nSPS) is 11.2. The summed E-state index contributed by atoms with van der Waals surface area (Å²) >= 11 is 3.52. The molecule has 5 rings (SSSR count). The number of aromatic nitrogens is 2. The molecule has 0 fully saturated rings. The van der Waals surface area contributed by atoms with E-state index < -0.39 is 4.92 Å². The SMILES string of the molecule is O=c1c2ccccc2nc(-c2ccccc2)n1N=Cc1ccc(OCc2ccc([N+](=O)[O-])cc2)c(Br)c1. The van der Waals surface area contributed by atoms with Gasteiger partial charge in [-0.05, 0) is 69.5 Å². The Balaban J connectivity index is 1.41. The zero-order chi connectivity index (χ0) is 25.8. The van der Waals surface area contributed by atoms with Crippen LogP contribution in [0.15, 0.2) is 111 Å². The van der Waals surface area contributed by atoms with Crippen molar-refractivity contribution >= 4 is 38.7 Å². The maximum Gasteiger partial charge on any atom is 0.282 e. The number of rotatable bonds is 7. The molecule has 4 aromatic carbocycles. The van der Waals surface area contributed by atoms with E-state index >= 15 is 0 Å². The number of nitro benzene ring substituents is 1. The molecule has 0 amide bonds. The fourth-order valence-electron chi connectivity index (χ4n) is 3.72. The lowest BCUT2D eigenvalue weighted by Crippen LogP contribution is -2.20.